The van der Waals surface area contributed by atoms with E-state index >= 15 is 0 Å². The van der Waals surface area contributed by atoms with Gasteiger partial charge in [-0.3, -0.25) is 10.1 Å². The van der Waals surface area contributed by atoms with Crippen LogP contribution in [-0.2, 0) is 6.18 Å². The molecule has 0 radical (unpaired) electrons. The molecule has 1 unspecified atom stereocenters. The lowest BCUT2D eigenvalue weighted by Crippen LogP contribution is -2.23. The van der Waals surface area contributed by atoms with Crippen molar-refractivity contribution in [1.82, 2.24) is 24.9 Å². The molecule has 4 aromatic rings. The Hall–Kier alpha value is -4.46. The minimum absolute atomic E-state index is 0.0235. The molecule has 0 fully saturated rings. The lowest BCUT2D eigenvalue weighted by Gasteiger charge is -2.19. The van der Waals surface area contributed by atoms with Gasteiger partial charge >= 0.3 is 6.18 Å². The fourth-order valence-corrected chi connectivity index (χ4v) is 3.30. The predicted octanol–water partition coefficient (Wildman–Crippen LogP) is 4.11. The molecule has 180 valence electrons. The first-order valence-corrected chi connectivity index (χ1v) is 9.98. The summed E-state index contributed by atoms with van der Waals surface area (Å²) in [4.78, 5) is 29.6. The molecule has 0 saturated heterocycles. The van der Waals surface area contributed by atoms with Crippen molar-refractivity contribution in [3.8, 4) is 22.6 Å². The average molecular weight is 488 g/mol. The molecule has 0 aliphatic rings. The number of hydrogen-bond acceptors (Lipinski definition) is 8. The molecular formula is C21H16F4N8O2. The van der Waals surface area contributed by atoms with E-state index in [9.17, 15) is 27.7 Å². The molecule has 3 heterocycles. The van der Waals surface area contributed by atoms with E-state index in [0.717, 1.165) is 18.3 Å². The van der Waals surface area contributed by atoms with E-state index in [4.69, 9.17) is 5.73 Å². The van der Waals surface area contributed by atoms with Crippen molar-refractivity contribution < 1.29 is 22.5 Å². The number of pyridine rings is 1. The van der Waals surface area contributed by atoms with Crippen LogP contribution in [0.1, 0.15) is 17.4 Å². The zero-order chi connectivity index (χ0) is 25.2. The maximum Gasteiger partial charge on any atom is 0.417 e. The van der Waals surface area contributed by atoms with Crippen LogP contribution in [0.4, 0.5) is 29.1 Å². The first-order valence-electron chi connectivity index (χ1n) is 9.98. The van der Waals surface area contributed by atoms with Crippen LogP contribution < -0.4 is 11.1 Å². The molecule has 0 saturated carbocycles. The number of aromatic nitrogens is 5. The fraction of sp³-hybridized carbons (Fsp3) is 0.143. The Balaban J connectivity index is 1.81. The van der Waals surface area contributed by atoms with Gasteiger partial charge in [0, 0.05) is 36.8 Å². The Labute approximate surface area is 194 Å². The monoisotopic (exact) mass is 488 g/mol. The highest BCUT2D eigenvalue weighted by molar-refractivity contribution is 5.79. The van der Waals surface area contributed by atoms with Crippen LogP contribution in [-0.4, -0.2) is 36.4 Å². The molecule has 0 aliphatic heterocycles. The number of aromatic amines is 1. The molecule has 14 heteroatoms. The summed E-state index contributed by atoms with van der Waals surface area (Å²) in [6.07, 6.45) is 0.348. The number of imidazole rings is 1. The van der Waals surface area contributed by atoms with E-state index in [0.29, 0.717) is 6.07 Å². The van der Waals surface area contributed by atoms with Crippen molar-refractivity contribution in [2.75, 3.05) is 11.9 Å². The third kappa shape index (κ3) is 5.06. The Bertz CT molecular complexity index is 1340. The Morgan fingerprint density at radius 3 is 2.51 bits per heavy atom. The van der Waals surface area contributed by atoms with E-state index in [-0.39, 0.29) is 46.5 Å². The minimum atomic E-state index is -4.86. The number of nitro groups is 1. The van der Waals surface area contributed by atoms with Gasteiger partial charge in [0.1, 0.15) is 23.7 Å². The van der Waals surface area contributed by atoms with Crippen LogP contribution in [0.5, 0.6) is 0 Å². The Morgan fingerprint density at radius 2 is 1.91 bits per heavy atom. The van der Waals surface area contributed by atoms with Crippen LogP contribution >= 0.6 is 0 Å². The van der Waals surface area contributed by atoms with E-state index in [2.05, 4.69) is 30.2 Å². The molecule has 4 N–H and O–H groups in total. The lowest BCUT2D eigenvalue weighted by atomic mass is 9.99. The van der Waals surface area contributed by atoms with Crippen molar-refractivity contribution in [3.05, 3.63) is 82.4 Å². The minimum Gasteiger partial charge on any atom is -0.359 e. The number of anilines is 1. The quantitative estimate of drug-likeness (QED) is 0.200. The molecule has 3 aromatic heterocycles. The average Bonchev–Trinajstić information content (AvgIpc) is 3.37. The highest BCUT2D eigenvalue weighted by Gasteiger charge is 2.35. The third-order valence-corrected chi connectivity index (χ3v) is 4.93. The summed E-state index contributed by atoms with van der Waals surface area (Å²) < 4.78 is 55.0. The van der Waals surface area contributed by atoms with Crippen LogP contribution in [0.3, 0.4) is 0 Å². The Morgan fingerprint density at radius 1 is 1.11 bits per heavy atom. The van der Waals surface area contributed by atoms with Gasteiger partial charge < -0.3 is 16.0 Å². The van der Waals surface area contributed by atoms with Crippen LogP contribution in [0.15, 0.2) is 55.1 Å². The summed E-state index contributed by atoms with van der Waals surface area (Å²) in [5.74, 6) is -0.613. The van der Waals surface area contributed by atoms with E-state index in [1.54, 1.807) is 0 Å². The van der Waals surface area contributed by atoms with Crippen molar-refractivity contribution in [3.63, 3.8) is 0 Å². The van der Waals surface area contributed by atoms with Gasteiger partial charge in [-0.15, -0.1) is 0 Å². The second-order valence-electron chi connectivity index (χ2n) is 7.21. The molecular weight excluding hydrogens is 472 g/mol. The second-order valence-corrected chi connectivity index (χ2v) is 7.21. The second kappa shape index (κ2) is 9.42. The summed E-state index contributed by atoms with van der Waals surface area (Å²) in [5, 5.41) is 13.7. The first-order chi connectivity index (χ1) is 16.7. The highest BCUT2D eigenvalue weighted by Crippen LogP contribution is 2.40. The summed E-state index contributed by atoms with van der Waals surface area (Å²) in [7, 11) is 0. The summed E-state index contributed by atoms with van der Waals surface area (Å²) in [5.41, 5.74) is 4.03. The Kier molecular flexibility index (Phi) is 6.38. The zero-order valence-electron chi connectivity index (χ0n) is 17.6. The van der Waals surface area contributed by atoms with Gasteiger partial charge in [0.15, 0.2) is 5.82 Å². The van der Waals surface area contributed by atoms with E-state index in [1.165, 1.54) is 30.7 Å². The number of halogens is 4. The van der Waals surface area contributed by atoms with Crippen LogP contribution in [0.25, 0.3) is 22.6 Å². The molecule has 1 aromatic carbocycles. The molecule has 0 amide bonds. The van der Waals surface area contributed by atoms with Gasteiger partial charge in [-0.05, 0) is 24.3 Å². The van der Waals surface area contributed by atoms with Crippen molar-refractivity contribution in [2.45, 2.75) is 12.2 Å². The largest absolute Gasteiger partial charge is 0.417 e. The normalized spacial score (nSPS) is 12.4. The summed E-state index contributed by atoms with van der Waals surface area (Å²) >= 11 is 0. The molecule has 35 heavy (non-hydrogen) atoms. The molecule has 4 rings (SSSR count). The fourth-order valence-electron chi connectivity index (χ4n) is 3.30. The van der Waals surface area contributed by atoms with Gasteiger partial charge in [-0.2, -0.15) is 13.2 Å². The topological polar surface area (TPSA) is 149 Å². The van der Waals surface area contributed by atoms with Gasteiger partial charge in [0.25, 0.3) is 5.69 Å². The number of H-pyrrole nitrogens is 1. The van der Waals surface area contributed by atoms with Gasteiger partial charge in [-0.25, -0.2) is 24.3 Å². The number of hydrogen-bond donors (Lipinski definition) is 3. The molecule has 0 spiro atoms. The molecule has 0 bridgehead atoms. The van der Waals surface area contributed by atoms with Gasteiger partial charge in [0.05, 0.1) is 27.8 Å². The van der Waals surface area contributed by atoms with Crippen molar-refractivity contribution in [1.29, 1.82) is 0 Å². The molecule has 0 aliphatic carbocycles. The first kappa shape index (κ1) is 23.7. The lowest BCUT2D eigenvalue weighted by molar-refractivity contribution is -0.385. The molecule has 10 nitrogen and oxygen atoms in total. The number of nitrogens with two attached hydrogens (primary N) is 1. The van der Waals surface area contributed by atoms with Gasteiger partial charge in [0.2, 0.25) is 0 Å². The third-order valence-electron chi connectivity index (χ3n) is 4.93. The number of nitrogens with one attached hydrogen (secondary N) is 2. The van der Waals surface area contributed by atoms with Crippen LogP contribution in [0, 0.1) is 15.9 Å². The number of benzene rings is 1. The van der Waals surface area contributed by atoms with E-state index in [1.807, 2.05) is 0 Å². The predicted molar refractivity (Wildman–Crippen MR) is 116 cm³/mol. The standard InChI is InChI=1S/C21H16F4N8O2/c22-11-1-3-13(15(7-11)21(23,24)25)18-14(19-27-5-6-28-19)10-30-20(32-18)16(8-26)31-17-4-2-12(9-29-17)33(34)35/h1-7,9-10,16H,8,26H2,(H,27,28)(H,29,31). The van der Waals surface area contributed by atoms with Gasteiger partial charge in [-0.1, -0.05) is 0 Å². The van der Waals surface area contributed by atoms with Crippen LogP contribution in [0.2, 0.25) is 0 Å². The molecule has 1 atom stereocenters. The maximum atomic E-state index is 13.8. The summed E-state index contributed by atoms with van der Waals surface area (Å²) in [6, 6.07) is 4.03. The maximum absolute atomic E-state index is 13.8. The van der Waals surface area contributed by atoms with E-state index < -0.39 is 28.5 Å². The SMILES string of the molecule is NCC(Nc1ccc([N+](=O)[O-])cn1)c1ncc(-c2ncc[nH]2)c(-c2ccc(F)cc2C(F)(F)F)n1. The van der Waals surface area contributed by atoms with Crippen molar-refractivity contribution >= 4 is 11.5 Å². The number of nitrogens with zero attached hydrogens (tertiary/aromatic N) is 5. The summed E-state index contributed by atoms with van der Waals surface area (Å²) in [6.45, 7) is -0.0895. The number of alkyl halides is 3. The smallest absolute Gasteiger partial charge is 0.359 e. The van der Waals surface area contributed by atoms with Crippen molar-refractivity contribution in [2.24, 2.45) is 5.73 Å². The highest BCUT2D eigenvalue weighted by atomic mass is 19.4. The number of rotatable bonds is 7. The zero-order valence-corrected chi connectivity index (χ0v) is 17.6.